The molecule has 0 saturated carbocycles. The average molecular weight is 396 g/mol. The number of hydrogen-bond acceptors (Lipinski definition) is 4. The predicted octanol–water partition coefficient (Wildman–Crippen LogP) is 4.55. The zero-order valence-electron chi connectivity index (χ0n) is 16.8. The van der Waals surface area contributed by atoms with Crippen LogP contribution in [0.15, 0.2) is 76.1 Å². The molecule has 0 spiro atoms. The minimum atomic E-state index is -0.587. The number of benzene rings is 2. The third kappa shape index (κ3) is 2.82. The molecule has 5 rings (SSSR count). The van der Waals surface area contributed by atoms with Crippen LogP contribution in [0.1, 0.15) is 44.5 Å². The van der Waals surface area contributed by atoms with Crippen LogP contribution >= 0.6 is 0 Å². The Kier molecular flexibility index (Phi) is 4.24. The van der Waals surface area contributed by atoms with Crippen molar-refractivity contribution in [3.8, 4) is 0 Å². The van der Waals surface area contributed by atoms with Crippen LogP contribution in [0.5, 0.6) is 0 Å². The lowest BCUT2D eigenvalue weighted by Gasteiger charge is -2.24. The number of nitrogens with zero attached hydrogens (tertiary/aromatic N) is 2. The molecule has 4 aromatic rings. The highest BCUT2D eigenvalue weighted by Crippen LogP contribution is 2.38. The van der Waals surface area contributed by atoms with Crippen LogP contribution in [0.4, 0.5) is 0 Å². The molecule has 1 aliphatic heterocycles. The second kappa shape index (κ2) is 6.95. The summed E-state index contributed by atoms with van der Waals surface area (Å²) >= 11 is 0. The number of carbonyl (C=O) groups is 1. The Morgan fingerprint density at radius 2 is 1.70 bits per heavy atom. The van der Waals surface area contributed by atoms with Crippen molar-refractivity contribution in [2.75, 3.05) is 0 Å². The normalized spacial score (nSPS) is 15.6. The molecule has 0 bridgehead atoms. The molecule has 148 valence electrons. The molecule has 0 radical (unpaired) electrons. The molecule has 3 heterocycles. The SMILES string of the molecule is Cc1cc2oc3c(c(=O)c2cc1C)C(c1ccccn1)N(Cc1ccccc1)C3=O. The molecule has 1 amide bonds. The Balaban J connectivity index is 1.75. The topological polar surface area (TPSA) is 63.4 Å². The number of aryl methyl sites for hydroxylation is 2. The number of amides is 1. The van der Waals surface area contributed by atoms with E-state index in [2.05, 4.69) is 4.98 Å². The van der Waals surface area contributed by atoms with Gasteiger partial charge in [0.05, 0.1) is 16.6 Å². The summed E-state index contributed by atoms with van der Waals surface area (Å²) in [4.78, 5) is 33.1. The highest BCUT2D eigenvalue weighted by Gasteiger charge is 2.43. The summed E-state index contributed by atoms with van der Waals surface area (Å²) in [6, 6.07) is 18.3. The summed E-state index contributed by atoms with van der Waals surface area (Å²) in [5.74, 6) is -0.177. The molecule has 30 heavy (non-hydrogen) atoms. The second-order valence-electron chi connectivity index (χ2n) is 7.68. The van der Waals surface area contributed by atoms with Crippen LogP contribution in [0.3, 0.4) is 0 Å². The zero-order chi connectivity index (χ0) is 20.8. The predicted molar refractivity (Wildman–Crippen MR) is 114 cm³/mol. The highest BCUT2D eigenvalue weighted by molar-refractivity contribution is 5.99. The van der Waals surface area contributed by atoms with Gasteiger partial charge in [-0.1, -0.05) is 36.4 Å². The Bertz CT molecular complexity index is 1330. The molecule has 5 nitrogen and oxygen atoms in total. The number of pyridine rings is 1. The van der Waals surface area contributed by atoms with Crippen molar-refractivity contribution >= 4 is 16.9 Å². The number of rotatable bonds is 3. The van der Waals surface area contributed by atoms with Gasteiger partial charge in [-0.2, -0.15) is 0 Å². The van der Waals surface area contributed by atoms with Gasteiger partial charge in [0.25, 0.3) is 5.91 Å². The van der Waals surface area contributed by atoms with Gasteiger partial charge in [-0.3, -0.25) is 14.6 Å². The summed E-state index contributed by atoms with van der Waals surface area (Å²) < 4.78 is 6.03. The van der Waals surface area contributed by atoms with Gasteiger partial charge in [0.1, 0.15) is 11.6 Å². The third-order valence-corrected chi connectivity index (χ3v) is 5.75. The first kappa shape index (κ1) is 18.3. The lowest BCUT2D eigenvalue weighted by atomic mass is 10.00. The zero-order valence-corrected chi connectivity index (χ0v) is 16.8. The van der Waals surface area contributed by atoms with E-state index in [9.17, 15) is 9.59 Å². The van der Waals surface area contributed by atoms with E-state index < -0.39 is 6.04 Å². The number of carbonyl (C=O) groups excluding carboxylic acids is 1. The fourth-order valence-electron chi connectivity index (χ4n) is 4.06. The van der Waals surface area contributed by atoms with Crippen LogP contribution in [0.25, 0.3) is 11.0 Å². The maximum Gasteiger partial charge on any atom is 0.291 e. The standard InChI is InChI=1S/C25H20N2O3/c1-15-12-18-20(13-16(15)2)30-24-21(23(18)28)22(19-10-6-7-11-26-19)27(25(24)29)14-17-8-4-3-5-9-17/h3-13,22H,14H2,1-2H3. The van der Waals surface area contributed by atoms with Crippen molar-refractivity contribution in [1.29, 1.82) is 0 Å². The smallest absolute Gasteiger partial charge is 0.291 e. The summed E-state index contributed by atoms with van der Waals surface area (Å²) in [6.45, 7) is 4.28. The maximum atomic E-state index is 13.5. The third-order valence-electron chi connectivity index (χ3n) is 5.75. The van der Waals surface area contributed by atoms with Crippen molar-refractivity contribution in [2.24, 2.45) is 0 Å². The van der Waals surface area contributed by atoms with E-state index in [1.165, 1.54) is 0 Å². The van der Waals surface area contributed by atoms with Crippen molar-refractivity contribution < 1.29 is 9.21 Å². The first-order chi connectivity index (χ1) is 14.5. The molecule has 1 atom stereocenters. The van der Waals surface area contributed by atoms with Crippen molar-refractivity contribution in [2.45, 2.75) is 26.4 Å². The maximum absolute atomic E-state index is 13.5. The molecular weight excluding hydrogens is 376 g/mol. The number of fused-ring (bicyclic) bond motifs is 2. The minimum absolute atomic E-state index is 0.113. The van der Waals surface area contributed by atoms with Gasteiger partial charge in [-0.25, -0.2) is 0 Å². The van der Waals surface area contributed by atoms with E-state index in [0.717, 1.165) is 16.7 Å². The molecule has 5 heteroatoms. The summed E-state index contributed by atoms with van der Waals surface area (Å²) in [5.41, 5.74) is 4.28. The van der Waals surface area contributed by atoms with Crippen LogP contribution in [-0.4, -0.2) is 15.8 Å². The van der Waals surface area contributed by atoms with Gasteiger partial charge in [-0.05, 0) is 54.8 Å². The summed E-state index contributed by atoms with van der Waals surface area (Å²) in [5, 5.41) is 0.493. The Labute approximate surface area is 173 Å². The molecule has 0 aliphatic carbocycles. The molecule has 1 aliphatic rings. The molecule has 2 aromatic heterocycles. The first-order valence-electron chi connectivity index (χ1n) is 9.88. The molecular formula is C25H20N2O3. The van der Waals surface area contributed by atoms with Gasteiger partial charge >= 0.3 is 0 Å². The fraction of sp³-hybridized carbons (Fsp3) is 0.160. The molecule has 2 aromatic carbocycles. The van der Waals surface area contributed by atoms with Gasteiger partial charge in [0.2, 0.25) is 5.76 Å². The monoisotopic (exact) mass is 396 g/mol. The number of aromatic nitrogens is 1. The Morgan fingerprint density at radius 3 is 2.43 bits per heavy atom. The molecule has 0 N–H and O–H groups in total. The van der Waals surface area contributed by atoms with E-state index in [1.807, 2.05) is 74.5 Å². The minimum Gasteiger partial charge on any atom is -0.450 e. The lowest BCUT2D eigenvalue weighted by molar-refractivity contribution is 0.0712. The molecule has 0 fully saturated rings. The lowest BCUT2D eigenvalue weighted by Crippen LogP contribution is -2.29. The average Bonchev–Trinajstić information content (AvgIpc) is 3.03. The van der Waals surface area contributed by atoms with E-state index >= 15 is 0 Å². The first-order valence-corrected chi connectivity index (χ1v) is 9.88. The second-order valence-corrected chi connectivity index (χ2v) is 7.68. The number of hydrogen-bond donors (Lipinski definition) is 0. The van der Waals surface area contributed by atoms with Crippen LogP contribution in [0.2, 0.25) is 0 Å². The van der Waals surface area contributed by atoms with E-state index in [4.69, 9.17) is 4.42 Å². The Hall–Kier alpha value is -3.73. The van der Waals surface area contributed by atoms with Crippen molar-refractivity contribution in [1.82, 2.24) is 9.88 Å². The van der Waals surface area contributed by atoms with Crippen molar-refractivity contribution in [3.05, 3.63) is 111 Å². The summed E-state index contributed by atoms with van der Waals surface area (Å²) in [6.07, 6.45) is 1.68. The quantitative estimate of drug-likeness (QED) is 0.510. The van der Waals surface area contributed by atoms with E-state index in [-0.39, 0.29) is 17.1 Å². The summed E-state index contributed by atoms with van der Waals surface area (Å²) in [7, 11) is 0. The van der Waals surface area contributed by atoms with Crippen LogP contribution < -0.4 is 5.43 Å². The van der Waals surface area contributed by atoms with Gasteiger partial charge < -0.3 is 9.32 Å². The van der Waals surface area contributed by atoms with Crippen LogP contribution in [-0.2, 0) is 6.54 Å². The van der Waals surface area contributed by atoms with Crippen LogP contribution in [0, 0.1) is 13.8 Å². The van der Waals surface area contributed by atoms with E-state index in [1.54, 1.807) is 11.1 Å². The highest BCUT2D eigenvalue weighted by atomic mass is 16.3. The molecule has 1 unspecified atom stereocenters. The van der Waals surface area contributed by atoms with Crippen molar-refractivity contribution in [3.63, 3.8) is 0 Å². The largest absolute Gasteiger partial charge is 0.450 e. The fourth-order valence-corrected chi connectivity index (χ4v) is 4.06. The van der Waals surface area contributed by atoms with E-state index in [0.29, 0.717) is 28.8 Å². The molecule has 0 saturated heterocycles. The van der Waals surface area contributed by atoms with Gasteiger partial charge in [-0.15, -0.1) is 0 Å². The van der Waals surface area contributed by atoms with Gasteiger partial charge in [0.15, 0.2) is 5.43 Å². The Morgan fingerprint density at radius 1 is 0.967 bits per heavy atom. The van der Waals surface area contributed by atoms with Gasteiger partial charge in [0, 0.05) is 12.7 Å².